The van der Waals surface area contributed by atoms with Gasteiger partial charge in [0, 0.05) is 24.9 Å². The lowest BCUT2D eigenvalue weighted by atomic mass is 10.1. The average molecular weight is 166 g/mol. The van der Waals surface area contributed by atoms with E-state index in [2.05, 4.69) is 43.4 Å². The van der Waals surface area contributed by atoms with E-state index in [1.807, 2.05) is 6.20 Å². The van der Waals surface area contributed by atoms with Gasteiger partial charge in [0.2, 0.25) is 0 Å². The fraction of sp³-hybridized carbons (Fsp3) is 0.700. The molecule has 0 saturated carbocycles. The van der Waals surface area contributed by atoms with Crippen LogP contribution in [0.5, 0.6) is 0 Å². The topological polar surface area (TPSA) is 17.8 Å². The number of rotatable bonds is 3. The van der Waals surface area contributed by atoms with Crippen LogP contribution in [0.1, 0.15) is 39.6 Å². The standard InChI is InChI=1S/C10H18N2/c1-8(2)7-10-11-5-6-12(10)9(3)4/h5-6,8-9H,7H2,1-4H3. The van der Waals surface area contributed by atoms with Crippen molar-refractivity contribution in [2.45, 2.75) is 40.2 Å². The number of hydrogen-bond acceptors (Lipinski definition) is 1. The Morgan fingerprint density at radius 3 is 2.50 bits per heavy atom. The lowest BCUT2D eigenvalue weighted by molar-refractivity contribution is 0.529. The Kier molecular flexibility index (Phi) is 2.90. The number of aromatic nitrogens is 2. The van der Waals surface area contributed by atoms with Crippen LogP contribution in [0.4, 0.5) is 0 Å². The second kappa shape index (κ2) is 3.74. The molecular weight excluding hydrogens is 148 g/mol. The summed E-state index contributed by atoms with van der Waals surface area (Å²) in [5.74, 6) is 1.89. The van der Waals surface area contributed by atoms with Gasteiger partial charge in [0.25, 0.3) is 0 Å². The van der Waals surface area contributed by atoms with Gasteiger partial charge in [0.05, 0.1) is 0 Å². The van der Waals surface area contributed by atoms with Crippen LogP contribution in [0.15, 0.2) is 12.4 Å². The molecule has 0 atom stereocenters. The second-order valence-corrected chi connectivity index (χ2v) is 3.94. The SMILES string of the molecule is CC(C)Cc1nccn1C(C)C. The molecule has 0 aromatic carbocycles. The van der Waals surface area contributed by atoms with Gasteiger partial charge in [-0.2, -0.15) is 0 Å². The van der Waals surface area contributed by atoms with Gasteiger partial charge in [-0.3, -0.25) is 0 Å². The van der Waals surface area contributed by atoms with Gasteiger partial charge in [-0.05, 0) is 19.8 Å². The minimum atomic E-state index is 0.529. The largest absolute Gasteiger partial charge is 0.332 e. The van der Waals surface area contributed by atoms with Crippen LogP contribution in [0.25, 0.3) is 0 Å². The molecule has 0 aliphatic rings. The molecule has 0 aliphatic heterocycles. The molecule has 1 rings (SSSR count). The molecule has 0 fully saturated rings. The van der Waals surface area contributed by atoms with Crippen LogP contribution >= 0.6 is 0 Å². The van der Waals surface area contributed by atoms with Crippen LogP contribution in [-0.2, 0) is 6.42 Å². The van der Waals surface area contributed by atoms with Crippen molar-refractivity contribution in [3.8, 4) is 0 Å². The molecule has 68 valence electrons. The first-order chi connectivity index (χ1) is 5.61. The minimum absolute atomic E-state index is 0.529. The van der Waals surface area contributed by atoms with Crippen molar-refractivity contribution in [2.75, 3.05) is 0 Å². The van der Waals surface area contributed by atoms with Gasteiger partial charge < -0.3 is 4.57 Å². The molecule has 0 N–H and O–H groups in total. The molecule has 0 unspecified atom stereocenters. The lowest BCUT2D eigenvalue weighted by Crippen LogP contribution is -2.07. The fourth-order valence-corrected chi connectivity index (χ4v) is 1.34. The summed E-state index contributed by atoms with van der Waals surface area (Å²) in [6.07, 6.45) is 5.02. The summed E-state index contributed by atoms with van der Waals surface area (Å²) in [7, 11) is 0. The molecule has 12 heavy (non-hydrogen) atoms. The number of nitrogens with zero attached hydrogens (tertiary/aromatic N) is 2. The van der Waals surface area contributed by atoms with E-state index in [-0.39, 0.29) is 0 Å². The normalized spacial score (nSPS) is 11.5. The van der Waals surface area contributed by atoms with Crippen LogP contribution in [0, 0.1) is 5.92 Å². The second-order valence-electron chi connectivity index (χ2n) is 3.94. The van der Waals surface area contributed by atoms with Gasteiger partial charge in [-0.15, -0.1) is 0 Å². The van der Waals surface area contributed by atoms with E-state index < -0.39 is 0 Å². The highest BCUT2D eigenvalue weighted by molar-refractivity contribution is 4.94. The summed E-state index contributed by atoms with van der Waals surface area (Å²) in [4.78, 5) is 4.34. The van der Waals surface area contributed by atoms with Crippen molar-refractivity contribution in [1.29, 1.82) is 0 Å². The zero-order valence-electron chi connectivity index (χ0n) is 8.41. The van der Waals surface area contributed by atoms with Crippen LogP contribution < -0.4 is 0 Å². The summed E-state index contributed by atoms with van der Waals surface area (Å²) >= 11 is 0. The van der Waals surface area contributed by atoms with E-state index >= 15 is 0 Å². The highest BCUT2D eigenvalue weighted by atomic mass is 15.1. The molecule has 0 radical (unpaired) electrons. The summed E-state index contributed by atoms with van der Waals surface area (Å²) in [5, 5.41) is 0. The zero-order valence-corrected chi connectivity index (χ0v) is 8.41. The maximum atomic E-state index is 4.34. The Labute approximate surface area is 74.6 Å². The molecule has 0 aliphatic carbocycles. The van der Waals surface area contributed by atoms with Crippen molar-refractivity contribution in [2.24, 2.45) is 5.92 Å². The minimum Gasteiger partial charge on any atom is -0.332 e. The molecule has 0 spiro atoms. The monoisotopic (exact) mass is 166 g/mol. The zero-order chi connectivity index (χ0) is 9.14. The first-order valence-corrected chi connectivity index (χ1v) is 4.63. The van der Waals surface area contributed by atoms with Crippen LogP contribution in [0.3, 0.4) is 0 Å². The van der Waals surface area contributed by atoms with Gasteiger partial charge in [0.1, 0.15) is 5.82 Å². The van der Waals surface area contributed by atoms with Crippen molar-refractivity contribution in [1.82, 2.24) is 9.55 Å². The van der Waals surface area contributed by atoms with E-state index in [0.29, 0.717) is 12.0 Å². The van der Waals surface area contributed by atoms with E-state index in [1.165, 1.54) is 5.82 Å². The van der Waals surface area contributed by atoms with Crippen molar-refractivity contribution < 1.29 is 0 Å². The van der Waals surface area contributed by atoms with Crippen molar-refractivity contribution in [3.05, 3.63) is 18.2 Å². The third-order valence-corrected chi connectivity index (χ3v) is 1.90. The predicted molar refractivity (Wildman–Crippen MR) is 51.2 cm³/mol. The molecule has 2 nitrogen and oxygen atoms in total. The summed E-state index contributed by atoms with van der Waals surface area (Å²) in [6.45, 7) is 8.82. The van der Waals surface area contributed by atoms with Crippen LogP contribution in [0.2, 0.25) is 0 Å². The quantitative estimate of drug-likeness (QED) is 0.675. The molecular formula is C10H18N2. The average Bonchev–Trinajstić information content (AvgIpc) is 2.33. The molecule has 2 heteroatoms. The summed E-state index contributed by atoms with van der Waals surface area (Å²) in [6, 6.07) is 0.529. The van der Waals surface area contributed by atoms with Crippen molar-refractivity contribution >= 4 is 0 Å². The fourth-order valence-electron chi connectivity index (χ4n) is 1.34. The molecule has 0 amide bonds. The third kappa shape index (κ3) is 2.10. The Morgan fingerprint density at radius 2 is 2.00 bits per heavy atom. The summed E-state index contributed by atoms with van der Waals surface area (Å²) < 4.78 is 2.24. The highest BCUT2D eigenvalue weighted by Gasteiger charge is 2.06. The van der Waals surface area contributed by atoms with E-state index in [9.17, 15) is 0 Å². The Balaban J connectivity index is 2.77. The molecule has 0 saturated heterocycles. The predicted octanol–water partition coefficient (Wildman–Crippen LogP) is 2.66. The lowest BCUT2D eigenvalue weighted by Gasteiger charge is -2.12. The highest BCUT2D eigenvalue weighted by Crippen LogP contribution is 2.11. The maximum absolute atomic E-state index is 4.34. The number of imidazole rings is 1. The van der Waals surface area contributed by atoms with Gasteiger partial charge >= 0.3 is 0 Å². The maximum Gasteiger partial charge on any atom is 0.109 e. The van der Waals surface area contributed by atoms with Gasteiger partial charge in [-0.25, -0.2) is 4.98 Å². The van der Waals surface area contributed by atoms with E-state index in [4.69, 9.17) is 0 Å². The Morgan fingerprint density at radius 1 is 1.33 bits per heavy atom. The Hall–Kier alpha value is -0.790. The van der Waals surface area contributed by atoms with E-state index in [1.54, 1.807) is 0 Å². The molecule has 0 bridgehead atoms. The molecule has 1 heterocycles. The first kappa shape index (κ1) is 9.30. The smallest absolute Gasteiger partial charge is 0.109 e. The first-order valence-electron chi connectivity index (χ1n) is 4.63. The molecule has 1 aromatic heterocycles. The van der Waals surface area contributed by atoms with Gasteiger partial charge in [-0.1, -0.05) is 13.8 Å². The third-order valence-electron chi connectivity index (χ3n) is 1.90. The Bertz CT molecular complexity index is 236. The summed E-state index contributed by atoms with van der Waals surface area (Å²) in [5.41, 5.74) is 0. The van der Waals surface area contributed by atoms with Crippen molar-refractivity contribution in [3.63, 3.8) is 0 Å². The van der Waals surface area contributed by atoms with E-state index in [0.717, 1.165) is 6.42 Å². The van der Waals surface area contributed by atoms with Crippen LogP contribution in [-0.4, -0.2) is 9.55 Å². The number of hydrogen-bond donors (Lipinski definition) is 0. The van der Waals surface area contributed by atoms with Gasteiger partial charge in [0.15, 0.2) is 0 Å². The molecule has 1 aromatic rings.